The van der Waals surface area contributed by atoms with Crippen LogP contribution in [0.2, 0.25) is 0 Å². The normalized spacial score (nSPS) is 15.1. The average molecular weight is 328 g/mol. The molecule has 0 saturated heterocycles. The van der Waals surface area contributed by atoms with Gasteiger partial charge < -0.3 is 19.7 Å². The van der Waals surface area contributed by atoms with Crippen LogP contribution in [0.4, 0.5) is 15.8 Å². The number of fused-ring (bicyclic) bond motifs is 2. The minimum Gasteiger partial charge on any atom is -0.454 e. The molecule has 0 spiro atoms. The summed E-state index contributed by atoms with van der Waals surface area (Å²) in [5, 5.41) is 2.87. The summed E-state index contributed by atoms with van der Waals surface area (Å²) in [6.45, 7) is 1.22. The number of rotatable bonds is 3. The van der Waals surface area contributed by atoms with Gasteiger partial charge in [-0.2, -0.15) is 0 Å². The number of aryl methyl sites for hydroxylation is 1. The number of carbonyl (C=O) groups is 1. The van der Waals surface area contributed by atoms with Gasteiger partial charge in [0.1, 0.15) is 5.82 Å². The number of carbonyl (C=O) groups excluding carboxylic acids is 1. The summed E-state index contributed by atoms with van der Waals surface area (Å²) in [6.07, 6.45) is 1.75. The number of hydrogen-bond donors (Lipinski definition) is 1. The van der Waals surface area contributed by atoms with Gasteiger partial charge in [0.15, 0.2) is 11.5 Å². The number of amides is 1. The first-order valence-corrected chi connectivity index (χ1v) is 7.92. The summed E-state index contributed by atoms with van der Waals surface area (Å²) in [6, 6.07) is 10.0. The highest BCUT2D eigenvalue weighted by atomic mass is 19.1. The van der Waals surface area contributed by atoms with Crippen molar-refractivity contribution in [1.82, 2.24) is 0 Å². The Hall–Kier alpha value is -2.76. The summed E-state index contributed by atoms with van der Waals surface area (Å²) in [7, 11) is 0. The van der Waals surface area contributed by atoms with E-state index in [0.717, 1.165) is 30.6 Å². The van der Waals surface area contributed by atoms with Gasteiger partial charge in [0.25, 0.3) is 0 Å². The molecule has 2 aromatic rings. The van der Waals surface area contributed by atoms with Crippen molar-refractivity contribution in [2.24, 2.45) is 0 Å². The van der Waals surface area contributed by atoms with Crippen molar-refractivity contribution in [3.05, 3.63) is 47.8 Å². The third-order valence-corrected chi connectivity index (χ3v) is 4.25. The minimum absolute atomic E-state index is 0.119. The van der Waals surface area contributed by atoms with Crippen LogP contribution in [0.3, 0.4) is 0 Å². The fourth-order valence-electron chi connectivity index (χ4n) is 3.16. The molecule has 0 radical (unpaired) electrons. The zero-order valence-electron chi connectivity index (χ0n) is 13.0. The molecule has 4 rings (SSSR count). The molecule has 124 valence electrons. The standard InChI is InChI=1S/C18H17FN2O3/c19-13-3-5-15-12(8-13)2-1-7-21(15)10-18(22)20-14-4-6-16-17(9-14)24-11-23-16/h3-6,8-9H,1-2,7,10-11H2,(H,20,22). The van der Waals surface area contributed by atoms with Crippen LogP contribution in [-0.4, -0.2) is 25.8 Å². The van der Waals surface area contributed by atoms with E-state index in [1.807, 2.05) is 4.90 Å². The van der Waals surface area contributed by atoms with Crippen molar-refractivity contribution < 1.29 is 18.7 Å². The third kappa shape index (κ3) is 2.87. The van der Waals surface area contributed by atoms with Gasteiger partial charge in [-0.15, -0.1) is 0 Å². The number of anilines is 2. The molecule has 0 aromatic heterocycles. The number of ether oxygens (including phenoxy) is 2. The second-order valence-corrected chi connectivity index (χ2v) is 5.91. The Kier molecular flexibility index (Phi) is 3.72. The molecular formula is C18H17FN2O3. The molecule has 6 heteroatoms. The van der Waals surface area contributed by atoms with Crippen molar-refractivity contribution in [2.45, 2.75) is 12.8 Å². The second-order valence-electron chi connectivity index (χ2n) is 5.91. The third-order valence-electron chi connectivity index (χ3n) is 4.25. The maximum Gasteiger partial charge on any atom is 0.243 e. The van der Waals surface area contributed by atoms with Gasteiger partial charge in [-0.25, -0.2) is 4.39 Å². The van der Waals surface area contributed by atoms with Crippen LogP contribution in [0, 0.1) is 5.82 Å². The largest absolute Gasteiger partial charge is 0.454 e. The van der Waals surface area contributed by atoms with Gasteiger partial charge in [-0.3, -0.25) is 4.79 Å². The van der Waals surface area contributed by atoms with E-state index in [2.05, 4.69) is 5.32 Å². The van der Waals surface area contributed by atoms with Gasteiger partial charge in [-0.1, -0.05) is 0 Å². The molecule has 24 heavy (non-hydrogen) atoms. The van der Waals surface area contributed by atoms with Gasteiger partial charge in [-0.05, 0) is 48.7 Å². The lowest BCUT2D eigenvalue weighted by atomic mass is 10.0. The summed E-state index contributed by atoms with van der Waals surface area (Å²) in [5.41, 5.74) is 2.56. The van der Waals surface area contributed by atoms with Crippen molar-refractivity contribution in [1.29, 1.82) is 0 Å². The first-order valence-electron chi connectivity index (χ1n) is 7.92. The van der Waals surface area contributed by atoms with E-state index >= 15 is 0 Å². The molecule has 0 unspecified atom stereocenters. The van der Waals surface area contributed by atoms with Gasteiger partial charge in [0.05, 0.1) is 6.54 Å². The highest BCUT2D eigenvalue weighted by Gasteiger charge is 2.20. The van der Waals surface area contributed by atoms with Gasteiger partial charge >= 0.3 is 0 Å². The second kappa shape index (κ2) is 6.03. The fraction of sp³-hybridized carbons (Fsp3) is 0.278. The van der Waals surface area contributed by atoms with E-state index in [0.29, 0.717) is 17.2 Å². The first kappa shape index (κ1) is 14.8. The predicted octanol–water partition coefficient (Wildman–Crippen LogP) is 2.95. The lowest BCUT2D eigenvalue weighted by Crippen LogP contribution is -2.36. The minimum atomic E-state index is -0.236. The lowest BCUT2D eigenvalue weighted by molar-refractivity contribution is -0.115. The maximum atomic E-state index is 13.4. The average Bonchev–Trinajstić information content (AvgIpc) is 3.02. The zero-order chi connectivity index (χ0) is 16.5. The van der Waals surface area contributed by atoms with Crippen molar-refractivity contribution in [3.63, 3.8) is 0 Å². The Bertz CT molecular complexity index is 794. The van der Waals surface area contributed by atoms with Crippen LogP contribution in [0.1, 0.15) is 12.0 Å². The van der Waals surface area contributed by atoms with E-state index < -0.39 is 0 Å². The molecule has 2 aromatic carbocycles. The molecule has 2 aliphatic heterocycles. The van der Waals surface area contributed by atoms with E-state index in [1.165, 1.54) is 6.07 Å². The number of benzene rings is 2. The molecule has 0 fully saturated rings. The van der Waals surface area contributed by atoms with Crippen molar-refractivity contribution in [3.8, 4) is 11.5 Å². The summed E-state index contributed by atoms with van der Waals surface area (Å²) in [5.74, 6) is 0.957. The van der Waals surface area contributed by atoms with Crippen molar-refractivity contribution >= 4 is 17.3 Å². The molecule has 2 aliphatic rings. The van der Waals surface area contributed by atoms with Crippen LogP contribution in [-0.2, 0) is 11.2 Å². The summed E-state index contributed by atoms with van der Waals surface area (Å²) in [4.78, 5) is 14.3. The Morgan fingerprint density at radius 1 is 1.17 bits per heavy atom. The Labute approximate surface area is 139 Å². The first-order chi connectivity index (χ1) is 11.7. The highest BCUT2D eigenvalue weighted by molar-refractivity contribution is 5.94. The molecule has 0 aliphatic carbocycles. The molecule has 1 amide bonds. The quantitative estimate of drug-likeness (QED) is 0.941. The lowest BCUT2D eigenvalue weighted by Gasteiger charge is -2.30. The van der Waals surface area contributed by atoms with Crippen molar-refractivity contribution in [2.75, 3.05) is 30.1 Å². The molecule has 0 atom stereocenters. The SMILES string of the molecule is O=C(CN1CCCc2cc(F)ccc21)Nc1ccc2c(c1)OCO2. The number of nitrogens with zero attached hydrogens (tertiary/aromatic N) is 1. The Balaban J connectivity index is 1.45. The van der Waals surface area contributed by atoms with E-state index in [1.54, 1.807) is 30.3 Å². The molecule has 0 saturated carbocycles. The molecule has 2 heterocycles. The van der Waals surface area contributed by atoms with Crippen LogP contribution < -0.4 is 19.7 Å². The van der Waals surface area contributed by atoms with Crippen LogP contribution >= 0.6 is 0 Å². The van der Waals surface area contributed by atoms with Gasteiger partial charge in [0.2, 0.25) is 12.7 Å². The van der Waals surface area contributed by atoms with E-state index in [9.17, 15) is 9.18 Å². The molecular weight excluding hydrogens is 311 g/mol. The topological polar surface area (TPSA) is 50.8 Å². The van der Waals surface area contributed by atoms with Gasteiger partial charge in [0, 0.05) is 24.0 Å². The van der Waals surface area contributed by atoms with Crippen LogP contribution in [0.5, 0.6) is 11.5 Å². The van der Waals surface area contributed by atoms with E-state index in [4.69, 9.17) is 9.47 Å². The summed E-state index contributed by atoms with van der Waals surface area (Å²) >= 11 is 0. The summed E-state index contributed by atoms with van der Waals surface area (Å²) < 4.78 is 23.9. The fourth-order valence-corrected chi connectivity index (χ4v) is 3.16. The van der Waals surface area contributed by atoms with Crippen LogP contribution in [0.25, 0.3) is 0 Å². The Morgan fingerprint density at radius 2 is 2.04 bits per heavy atom. The highest BCUT2D eigenvalue weighted by Crippen LogP contribution is 2.34. The number of hydrogen-bond acceptors (Lipinski definition) is 4. The van der Waals surface area contributed by atoms with Crippen LogP contribution in [0.15, 0.2) is 36.4 Å². The monoisotopic (exact) mass is 328 g/mol. The maximum absolute atomic E-state index is 13.4. The predicted molar refractivity (Wildman–Crippen MR) is 88.1 cm³/mol. The zero-order valence-corrected chi connectivity index (χ0v) is 13.0. The molecule has 5 nitrogen and oxygen atoms in total. The van der Waals surface area contributed by atoms with E-state index in [-0.39, 0.29) is 25.1 Å². The Morgan fingerprint density at radius 3 is 2.96 bits per heavy atom. The number of nitrogens with one attached hydrogen (secondary N) is 1. The number of halogens is 1. The molecule has 0 bridgehead atoms. The molecule has 1 N–H and O–H groups in total. The smallest absolute Gasteiger partial charge is 0.243 e.